The minimum absolute atomic E-state index is 0.0160. The van der Waals surface area contributed by atoms with E-state index in [9.17, 15) is 9.59 Å². The van der Waals surface area contributed by atoms with Crippen LogP contribution in [0.3, 0.4) is 0 Å². The van der Waals surface area contributed by atoms with Gasteiger partial charge in [-0.25, -0.2) is 4.98 Å². The second-order valence-electron chi connectivity index (χ2n) is 7.05. The second kappa shape index (κ2) is 9.17. The van der Waals surface area contributed by atoms with Crippen molar-refractivity contribution in [2.24, 2.45) is 0 Å². The number of morpholine rings is 2. The maximum absolute atomic E-state index is 13.3. The summed E-state index contributed by atoms with van der Waals surface area (Å²) in [5.41, 5.74) is 0.846. The Labute approximate surface area is 173 Å². The average Bonchev–Trinajstić information content (AvgIpc) is 3.17. The summed E-state index contributed by atoms with van der Waals surface area (Å²) in [6.45, 7) is 4.05. The first kappa shape index (κ1) is 20.2. The van der Waals surface area contributed by atoms with Crippen LogP contribution in [-0.2, 0) is 19.0 Å². The van der Waals surface area contributed by atoms with Gasteiger partial charge in [0, 0.05) is 43.9 Å². The molecule has 2 aromatic rings. The molecule has 29 heavy (non-hydrogen) atoms. The van der Waals surface area contributed by atoms with Gasteiger partial charge in [-0.2, -0.15) is 0 Å². The molecule has 2 aliphatic rings. The highest BCUT2D eigenvalue weighted by molar-refractivity contribution is 7.20. The van der Waals surface area contributed by atoms with E-state index >= 15 is 0 Å². The van der Waals surface area contributed by atoms with E-state index < -0.39 is 0 Å². The molecule has 156 valence electrons. The fourth-order valence-electron chi connectivity index (χ4n) is 3.74. The lowest BCUT2D eigenvalue weighted by atomic mass is 10.0. The summed E-state index contributed by atoms with van der Waals surface area (Å²) in [6, 6.07) is 3.84. The van der Waals surface area contributed by atoms with E-state index in [0.717, 1.165) is 15.8 Å². The molecule has 0 radical (unpaired) electrons. The van der Waals surface area contributed by atoms with Gasteiger partial charge in [-0.1, -0.05) is 6.07 Å². The highest BCUT2D eigenvalue weighted by atomic mass is 32.1. The Morgan fingerprint density at radius 2 is 2.03 bits per heavy atom. The number of carbonyl (C=O) groups is 2. The Morgan fingerprint density at radius 3 is 2.83 bits per heavy atom. The highest BCUT2D eigenvalue weighted by Gasteiger charge is 2.33. The molecule has 4 rings (SSSR count). The maximum atomic E-state index is 13.3. The fourth-order valence-corrected chi connectivity index (χ4v) is 4.90. The standard InChI is InChI=1S/C20H25N3O5S/c1-26-9-4-16(24)23-8-12-28-15(13-23)17-14-3-2-5-21-19(14)29-18(17)20(25)22-6-10-27-11-7-22/h2-3,5,15H,4,6-13H2,1H3. The summed E-state index contributed by atoms with van der Waals surface area (Å²) in [7, 11) is 1.59. The minimum Gasteiger partial charge on any atom is -0.384 e. The summed E-state index contributed by atoms with van der Waals surface area (Å²) in [5.74, 6) is 0.0246. The summed E-state index contributed by atoms with van der Waals surface area (Å²) < 4.78 is 16.5. The number of methoxy groups -OCH3 is 1. The van der Waals surface area contributed by atoms with E-state index in [4.69, 9.17) is 14.2 Å². The molecule has 0 N–H and O–H groups in total. The number of amides is 2. The Kier molecular flexibility index (Phi) is 6.39. The largest absolute Gasteiger partial charge is 0.384 e. The highest BCUT2D eigenvalue weighted by Crippen LogP contribution is 2.38. The van der Waals surface area contributed by atoms with Crippen LogP contribution in [0.15, 0.2) is 18.3 Å². The van der Waals surface area contributed by atoms with Crippen molar-refractivity contribution < 1.29 is 23.8 Å². The molecule has 9 heteroatoms. The van der Waals surface area contributed by atoms with Gasteiger partial charge in [0.15, 0.2) is 0 Å². The van der Waals surface area contributed by atoms with Crippen LogP contribution in [0.2, 0.25) is 0 Å². The zero-order valence-corrected chi connectivity index (χ0v) is 17.3. The number of carbonyl (C=O) groups excluding carboxylic acids is 2. The van der Waals surface area contributed by atoms with Crippen molar-refractivity contribution in [1.29, 1.82) is 0 Å². The van der Waals surface area contributed by atoms with Gasteiger partial charge in [0.1, 0.15) is 15.8 Å². The molecule has 0 saturated carbocycles. The molecule has 2 fully saturated rings. The van der Waals surface area contributed by atoms with Gasteiger partial charge < -0.3 is 24.0 Å². The van der Waals surface area contributed by atoms with Crippen LogP contribution in [0.4, 0.5) is 0 Å². The number of ether oxygens (including phenoxy) is 3. The monoisotopic (exact) mass is 419 g/mol. The smallest absolute Gasteiger partial charge is 0.264 e. The minimum atomic E-state index is -0.354. The summed E-state index contributed by atoms with van der Waals surface area (Å²) in [6.07, 6.45) is 1.72. The van der Waals surface area contributed by atoms with Gasteiger partial charge >= 0.3 is 0 Å². The van der Waals surface area contributed by atoms with E-state index in [1.807, 2.05) is 17.0 Å². The van der Waals surface area contributed by atoms with Crippen LogP contribution in [0.5, 0.6) is 0 Å². The lowest BCUT2D eigenvalue weighted by Gasteiger charge is -2.34. The molecule has 8 nitrogen and oxygen atoms in total. The third-order valence-electron chi connectivity index (χ3n) is 5.26. The van der Waals surface area contributed by atoms with Crippen LogP contribution in [0, 0.1) is 0 Å². The molecule has 4 heterocycles. The Balaban J connectivity index is 1.64. The van der Waals surface area contributed by atoms with Gasteiger partial charge in [-0.15, -0.1) is 11.3 Å². The summed E-state index contributed by atoms with van der Waals surface area (Å²) >= 11 is 1.40. The van der Waals surface area contributed by atoms with E-state index in [1.54, 1.807) is 18.2 Å². The maximum Gasteiger partial charge on any atom is 0.264 e. The number of aromatic nitrogens is 1. The molecule has 0 aromatic carbocycles. The third kappa shape index (κ3) is 4.28. The van der Waals surface area contributed by atoms with Crippen molar-refractivity contribution in [2.45, 2.75) is 12.5 Å². The number of hydrogen-bond donors (Lipinski definition) is 0. The van der Waals surface area contributed by atoms with Crippen molar-refractivity contribution in [2.75, 3.05) is 59.7 Å². The predicted octanol–water partition coefficient (Wildman–Crippen LogP) is 1.71. The summed E-state index contributed by atoms with van der Waals surface area (Å²) in [5, 5.41) is 0.922. The normalized spacial score (nSPS) is 20.2. The molecule has 2 amide bonds. The van der Waals surface area contributed by atoms with E-state index in [-0.39, 0.29) is 17.9 Å². The summed E-state index contributed by atoms with van der Waals surface area (Å²) in [4.78, 5) is 35.3. The number of hydrogen-bond acceptors (Lipinski definition) is 7. The molecule has 2 saturated heterocycles. The van der Waals surface area contributed by atoms with Crippen LogP contribution < -0.4 is 0 Å². The second-order valence-corrected chi connectivity index (χ2v) is 8.05. The van der Waals surface area contributed by atoms with Gasteiger partial charge in [0.2, 0.25) is 5.91 Å². The Hall–Kier alpha value is -2.07. The molecule has 0 aliphatic carbocycles. The molecular formula is C20H25N3O5S. The van der Waals surface area contributed by atoms with Crippen LogP contribution in [0.25, 0.3) is 10.2 Å². The number of thiophene rings is 1. The molecular weight excluding hydrogens is 394 g/mol. The van der Waals surface area contributed by atoms with Crippen LogP contribution >= 0.6 is 11.3 Å². The molecule has 2 aromatic heterocycles. The van der Waals surface area contributed by atoms with Gasteiger partial charge in [-0.05, 0) is 6.07 Å². The number of nitrogens with zero attached hydrogens (tertiary/aromatic N) is 3. The molecule has 1 atom stereocenters. The Morgan fingerprint density at radius 1 is 1.24 bits per heavy atom. The van der Waals surface area contributed by atoms with Crippen molar-refractivity contribution in [3.05, 3.63) is 28.8 Å². The first-order chi connectivity index (χ1) is 14.2. The quantitative estimate of drug-likeness (QED) is 0.734. The van der Waals surface area contributed by atoms with Crippen molar-refractivity contribution in [1.82, 2.24) is 14.8 Å². The lowest BCUT2D eigenvalue weighted by molar-refractivity contribution is -0.139. The van der Waals surface area contributed by atoms with E-state index in [2.05, 4.69) is 4.98 Å². The first-order valence-corrected chi connectivity index (χ1v) is 10.6. The number of fused-ring (bicyclic) bond motifs is 1. The number of rotatable bonds is 5. The van der Waals surface area contributed by atoms with Crippen molar-refractivity contribution >= 4 is 33.4 Å². The SMILES string of the molecule is COCCC(=O)N1CCOC(c2c(C(=O)N3CCOCC3)sc3ncccc23)C1. The van der Waals surface area contributed by atoms with Crippen molar-refractivity contribution in [3.63, 3.8) is 0 Å². The average molecular weight is 420 g/mol. The Bertz CT molecular complexity index is 880. The van der Waals surface area contributed by atoms with Crippen LogP contribution in [0.1, 0.15) is 27.8 Å². The van der Waals surface area contributed by atoms with E-state index in [0.29, 0.717) is 63.9 Å². The third-order valence-corrected chi connectivity index (χ3v) is 6.38. The van der Waals surface area contributed by atoms with Crippen molar-refractivity contribution in [3.8, 4) is 0 Å². The van der Waals surface area contributed by atoms with Gasteiger partial charge in [-0.3, -0.25) is 9.59 Å². The zero-order valence-electron chi connectivity index (χ0n) is 16.5. The molecule has 1 unspecified atom stereocenters. The lowest BCUT2D eigenvalue weighted by Crippen LogP contribution is -2.43. The zero-order chi connectivity index (χ0) is 20.2. The fraction of sp³-hybridized carbons (Fsp3) is 0.550. The molecule has 0 bridgehead atoms. The van der Waals surface area contributed by atoms with Gasteiger partial charge in [0.05, 0.1) is 39.4 Å². The van der Waals surface area contributed by atoms with E-state index in [1.165, 1.54) is 11.3 Å². The predicted molar refractivity (Wildman–Crippen MR) is 108 cm³/mol. The van der Waals surface area contributed by atoms with Crippen LogP contribution in [-0.4, -0.2) is 86.3 Å². The molecule has 0 spiro atoms. The number of pyridine rings is 1. The molecule has 2 aliphatic heterocycles. The topological polar surface area (TPSA) is 81.2 Å². The van der Waals surface area contributed by atoms with Gasteiger partial charge in [0.25, 0.3) is 5.91 Å². The first-order valence-electron chi connectivity index (χ1n) is 9.81.